The van der Waals surface area contributed by atoms with Crippen molar-refractivity contribution in [3.8, 4) is 6.07 Å². The minimum atomic E-state index is -0.397. The van der Waals surface area contributed by atoms with Gasteiger partial charge < -0.3 is 4.90 Å². The Kier molecular flexibility index (Phi) is 5.06. The van der Waals surface area contributed by atoms with Crippen molar-refractivity contribution in [3.05, 3.63) is 0 Å². The third-order valence-corrected chi connectivity index (χ3v) is 5.01. The molecule has 2 bridgehead atoms. The minimum absolute atomic E-state index is 0.353. The van der Waals surface area contributed by atoms with Gasteiger partial charge in [-0.3, -0.25) is 10.2 Å². The van der Waals surface area contributed by atoms with Crippen LogP contribution >= 0.6 is 0 Å². The van der Waals surface area contributed by atoms with E-state index in [4.69, 9.17) is 0 Å². The number of hydrogen-bond donors (Lipinski definition) is 1. The van der Waals surface area contributed by atoms with E-state index in [-0.39, 0.29) is 0 Å². The summed E-state index contributed by atoms with van der Waals surface area (Å²) in [6, 6.07) is 4.34. The Morgan fingerprint density at radius 3 is 2.65 bits per heavy atom. The van der Waals surface area contributed by atoms with Gasteiger partial charge in [0.1, 0.15) is 5.54 Å². The van der Waals surface area contributed by atoms with Crippen molar-refractivity contribution < 1.29 is 0 Å². The summed E-state index contributed by atoms with van der Waals surface area (Å²) >= 11 is 0. The molecule has 3 atom stereocenters. The molecule has 1 N–H and O–H groups in total. The van der Waals surface area contributed by atoms with Gasteiger partial charge in [0.25, 0.3) is 0 Å². The number of hydrogen-bond acceptors (Lipinski definition) is 4. The molecule has 0 aromatic rings. The van der Waals surface area contributed by atoms with Gasteiger partial charge in [0.05, 0.1) is 6.07 Å². The summed E-state index contributed by atoms with van der Waals surface area (Å²) in [7, 11) is 2.28. The van der Waals surface area contributed by atoms with E-state index in [1.54, 1.807) is 0 Å². The fourth-order valence-corrected chi connectivity index (χ4v) is 3.76. The highest BCUT2D eigenvalue weighted by atomic mass is 15.3. The lowest BCUT2D eigenvalue weighted by Crippen LogP contribution is -2.47. The molecule has 0 spiro atoms. The quantitative estimate of drug-likeness (QED) is 0.833. The summed E-state index contributed by atoms with van der Waals surface area (Å²) in [4.78, 5) is 5.15. The number of fused-ring (bicyclic) bond motifs is 2. The van der Waals surface area contributed by atoms with Gasteiger partial charge in [-0.05, 0) is 60.0 Å². The van der Waals surface area contributed by atoms with Crippen molar-refractivity contribution in [1.82, 2.24) is 15.1 Å². The van der Waals surface area contributed by atoms with Gasteiger partial charge in [-0.1, -0.05) is 0 Å². The van der Waals surface area contributed by atoms with Crippen molar-refractivity contribution in [2.45, 2.75) is 70.1 Å². The minimum Gasteiger partial charge on any atom is -0.302 e. The predicted octanol–water partition coefficient (Wildman–Crippen LogP) is 1.83. The lowest BCUT2D eigenvalue weighted by atomic mass is 9.98. The van der Waals surface area contributed by atoms with Gasteiger partial charge in [-0.2, -0.15) is 5.26 Å². The highest BCUT2D eigenvalue weighted by molar-refractivity contribution is 5.05. The molecule has 2 rings (SSSR count). The fourth-order valence-electron chi connectivity index (χ4n) is 3.76. The summed E-state index contributed by atoms with van der Waals surface area (Å²) in [5.41, 5.74) is -0.397. The molecule has 0 aliphatic carbocycles. The second-order valence-corrected chi connectivity index (χ2v) is 7.13. The molecule has 0 aromatic carbocycles. The van der Waals surface area contributed by atoms with Crippen LogP contribution in [0.2, 0.25) is 0 Å². The zero-order valence-corrected chi connectivity index (χ0v) is 13.5. The topological polar surface area (TPSA) is 42.3 Å². The molecule has 2 saturated heterocycles. The zero-order valence-electron chi connectivity index (χ0n) is 13.5. The summed E-state index contributed by atoms with van der Waals surface area (Å²) in [5, 5.41) is 12.8. The number of nitriles is 1. The maximum atomic E-state index is 9.43. The van der Waals surface area contributed by atoms with E-state index in [0.29, 0.717) is 6.04 Å². The maximum absolute atomic E-state index is 9.43. The highest BCUT2D eigenvalue weighted by Crippen LogP contribution is 2.28. The molecular formula is C16H30N4. The molecule has 0 radical (unpaired) electrons. The Balaban J connectivity index is 1.86. The van der Waals surface area contributed by atoms with E-state index in [9.17, 15) is 5.26 Å². The maximum Gasteiger partial charge on any atom is 0.105 e. The molecule has 2 aliphatic heterocycles. The first-order valence-corrected chi connectivity index (χ1v) is 8.07. The summed E-state index contributed by atoms with van der Waals surface area (Å²) < 4.78 is 0. The summed E-state index contributed by atoms with van der Waals surface area (Å²) in [5.74, 6) is 0. The van der Waals surface area contributed by atoms with Crippen LogP contribution in [0, 0.1) is 11.3 Å². The molecule has 3 unspecified atom stereocenters. The van der Waals surface area contributed by atoms with Gasteiger partial charge in [0, 0.05) is 31.2 Å². The smallest absolute Gasteiger partial charge is 0.105 e. The third-order valence-electron chi connectivity index (χ3n) is 5.01. The second-order valence-electron chi connectivity index (χ2n) is 7.13. The van der Waals surface area contributed by atoms with Crippen molar-refractivity contribution in [2.24, 2.45) is 0 Å². The van der Waals surface area contributed by atoms with Crippen LogP contribution in [0.4, 0.5) is 0 Å². The normalized spacial score (nSPS) is 31.0. The van der Waals surface area contributed by atoms with Crippen LogP contribution in [0.3, 0.4) is 0 Å². The zero-order chi connectivity index (χ0) is 14.8. The standard InChI is InChI=1S/C16H30N4/c1-13(2)18-16(3,12-17)8-10-20-9-7-14-5-6-15(11-20)19(14)4/h13-15,18H,5-11H2,1-4H3. The molecule has 4 heteroatoms. The average molecular weight is 278 g/mol. The first kappa shape index (κ1) is 15.8. The third kappa shape index (κ3) is 3.72. The van der Waals surface area contributed by atoms with Crippen molar-refractivity contribution in [3.63, 3.8) is 0 Å². The average Bonchev–Trinajstić information content (AvgIpc) is 2.62. The molecule has 2 aliphatic rings. The van der Waals surface area contributed by atoms with E-state index >= 15 is 0 Å². The van der Waals surface area contributed by atoms with Crippen molar-refractivity contribution in [1.29, 1.82) is 5.26 Å². The molecule has 2 heterocycles. The summed E-state index contributed by atoms with van der Waals surface area (Å²) in [6.45, 7) is 9.64. The van der Waals surface area contributed by atoms with Gasteiger partial charge in [0.15, 0.2) is 0 Å². The van der Waals surface area contributed by atoms with Crippen molar-refractivity contribution >= 4 is 0 Å². The van der Waals surface area contributed by atoms with E-state index in [0.717, 1.165) is 25.0 Å². The largest absolute Gasteiger partial charge is 0.302 e. The SMILES string of the molecule is CC(C)NC(C)(C#N)CCN1CCC2CCC(C1)N2C. The van der Waals surface area contributed by atoms with Crippen LogP contribution in [-0.4, -0.2) is 60.1 Å². The Hall–Kier alpha value is -0.630. The van der Waals surface area contributed by atoms with Crippen LogP contribution in [0.25, 0.3) is 0 Å². The fraction of sp³-hybridized carbons (Fsp3) is 0.938. The van der Waals surface area contributed by atoms with E-state index < -0.39 is 5.54 Å². The van der Waals surface area contributed by atoms with Crippen LogP contribution in [0.5, 0.6) is 0 Å². The van der Waals surface area contributed by atoms with E-state index in [2.05, 4.69) is 42.1 Å². The van der Waals surface area contributed by atoms with Gasteiger partial charge >= 0.3 is 0 Å². The number of nitrogens with zero attached hydrogens (tertiary/aromatic N) is 3. The molecule has 20 heavy (non-hydrogen) atoms. The van der Waals surface area contributed by atoms with Crippen LogP contribution in [0.15, 0.2) is 0 Å². The number of likely N-dealkylation sites (tertiary alicyclic amines) is 1. The van der Waals surface area contributed by atoms with E-state index in [1.807, 2.05) is 6.92 Å². The predicted molar refractivity (Wildman–Crippen MR) is 82.5 cm³/mol. The number of rotatable bonds is 5. The van der Waals surface area contributed by atoms with Crippen LogP contribution in [0.1, 0.15) is 46.5 Å². The molecule has 0 saturated carbocycles. The molecule has 114 valence electrons. The first-order chi connectivity index (χ1) is 9.43. The van der Waals surface area contributed by atoms with Crippen molar-refractivity contribution in [2.75, 3.05) is 26.7 Å². The highest BCUT2D eigenvalue weighted by Gasteiger charge is 2.35. The molecule has 4 nitrogen and oxygen atoms in total. The Labute approximate surface area is 124 Å². The Bertz CT molecular complexity index is 362. The molecule has 0 aromatic heterocycles. The monoisotopic (exact) mass is 278 g/mol. The van der Waals surface area contributed by atoms with E-state index in [1.165, 1.54) is 32.4 Å². The van der Waals surface area contributed by atoms with Crippen LogP contribution < -0.4 is 5.32 Å². The van der Waals surface area contributed by atoms with Crippen LogP contribution in [-0.2, 0) is 0 Å². The lowest BCUT2D eigenvalue weighted by molar-refractivity contribution is 0.206. The van der Waals surface area contributed by atoms with Gasteiger partial charge in [-0.25, -0.2) is 0 Å². The Morgan fingerprint density at radius 2 is 2.00 bits per heavy atom. The Morgan fingerprint density at radius 1 is 1.30 bits per heavy atom. The molecule has 0 amide bonds. The summed E-state index contributed by atoms with van der Waals surface area (Å²) in [6.07, 6.45) is 4.91. The number of nitrogens with one attached hydrogen (secondary N) is 1. The second kappa shape index (κ2) is 6.43. The lowest BCUT2D eigenvalue weighted by Gasteiger charge is -2.31. The first-order valence-electron chi connectivity index (χ1n) is 8.07. The molecule has 2 fully saturated rings. The molecular weight excluding hydrogens is 248 g/mol. The number of likely N-dealkylation sites (N-methyl/N-ethyl adjacent to an activating group) is 1. The van der Waals surface area contributed by atoms with Gasteiger partial charge in [0.2, 0.25) is 0 Å². The van der Waals surface area contributed by atoms with Gasteiger partial charge in [-0.15, -0.1) is 0 Å².